The van der Waals surface area contributed by atoms with Gasteiger partial charge in [0.15, 0.2) is 17.4 Å². The van der Waals surface area contributed by atoms with Crippen LogP contribution in [-0.4, -0.2) is 24.4 Å². The van der Waals surface area contributed by atoms with E-state index < -0.39 is 65.2 Å². The van der Waals surface area contributed by atoms with Crippen molar-refractivity contribution < 1.29 is 36.0 Å². The number of halogens is 5. The van der Waals surface area contributed by atoms with Gasteiger partial charge in [-0.05, 0) is 33.8 Å². The smallest absolute Gasteiger partial charge is 0.479 e. The molecule has 0 saturated carbocycles. The molecule has 0 aromatic heterocycles. The lowest BCUT2D eigenvalue weighted by Crippen LogP contribution is -2.41. The topological polar surface area (TPSA) is 27.7 Å². The van der Waals surface area contributed by atoms with Crippen molar-refractivity contribution in [1.82, 2.24) is 0 Å². The molecule has 0 N–H and O–H groups in total. The average Bonchev–Trinajstić information content (AvgIpc) is 2.81. The van der Waals surface area contributed by atoms with E-state index in [4.69, 9.17) is 14.0 Å². The second-order valence-electron chi connectivity index (χ2n) is 7.92. The minimum atomic E-state index is -1.68. The van der Waals surface area contributed by atoms with Gasteiger partial charge in [0.25, 0.3) is 0 Å². The van der Waals surface area contributed by atoms with Gasteiger partial charge >= 0.3 is 7.12 Å². The van der Waals surface area contributed by atoms with Crippen molar-refractivity contribution in [2.75, 3.05) is 0 Å². The summed E-state index contributed by atoms with van der Waals surface area (Å²) < 4.78 is 86.1. The standard InChI is InChI=1S/C19H20BF5O3/c1-9-13(26-17-15(24)11(21)8-12(22)16(17)25)7-6-10(14(9)23)20-27-18(2,3)19(4,5)28-20/h6-9,13H,1-5H3. The Balaban J connectivity index is 1.85. The normalized spacial score (nSPS) is 26.1. The van der Waals surface area contributed by atoms with E-state index in [1.165, 1.54) is 19.1 Å². The molecule has 1 aromatic rings. The number of hydrogen-bond acceptors (Lipinski definition) is 3. The molecule has 2 atom stereocenters. The molecular weight excluding hydrogens is 382 g/mol. The van der Waals surface area contributed by atoms with E-state index in [2.05, 4.69) is 0 Å². The van der Waals surface area contributed by atoms with Gasteiger partial charge in [0, 0.05) is 17.5 Å². The molecular formula is C19H20BF5O3. The van der Waals surface area contributed by atoms with Crippen molar-refractivity contribution in [2.45, 2.75) is 51.9 Å². The lowest BCUT2D eigenvalue weighted by Gasteiger charge is -2.32. The van der Waals surface area contributed by atoms with Crippen LogP contribution in [0.5, 0.6) is 5.75 Å². The average molecular weight is 402 g/mol. The quantitative estimate of drug-likeness (QED) is 0.402. The van der Waals surface area contributed by atoms with Crippen LogP contribution in [0.3, 0.4) is 0 Å². The predicted octanol–water partition coefficient (Wildman–Crippen LogP) is 5.05. The summed E-state index contributed by atoms with van der Waals surface area (Å²) in [7, 11) is -0.968. The molecule has 3 rings (SSSR count). The van der Waals surface area contributed by atoms with Crippen LogP contribution in [-0.2, 0) is 9.31 Å². The van der Waals surface area contributed by atoms with Gasteiger partial charge in [-0.25, -0.2) is 13.2 Å². The van der Waals surface area contributed by atoms with Crippen LogP contribution in [0.1, 0.15) is 34.6 Å². The molecule has 2 aliphatic rings. The van der Waals surface area contributed by atoms with E-state index >= 15 is 0 Å². The Hall–Kier alpha value is -1.87. The minimum Gasteiger partial charge on any atom is -0.479 e. The maximum absolute atomic E-state index is 15.0. The lowest BCUT2D eigenvalue weighted by atomic mass is 9.72. The third kappa shape index (κ3) is 3.35. The SMILES string of the molecule is CC1C(F)=C(B2OC(C)(C)C(C)(C)O2)C=CC1Oc1c(F)c(F)cc(F)c1F. The summed E-state index contributed by atoms with van der Waals surface area (Å²) in [6.45, 7) is 8.68. The maximum Gasteiger partial charge on any atom is 0.497 e. The van der Waals surface area contributed by atoms with Crippen molar-refractivity contribution in [1.29, 1.82) is 0 Å². The molecule has 0 spiro atoms. The monoisotopic (exact) mass is 402 g/mol. The molecule has 1 heterocycles. The van der Waals surface area contributed by atoms with Gasteiger partial charge in [0.1, 0.15) is 11.9 Å². The van der Waals surface area contributed by atoms with Gasteiger partial charge in [-0.1, -0.05) is 13.0 Å². The Morgan fingerprint density at radius 2 is 1.43 bits per heavy atom. The van der Waals surface area contributed by atoms with Crippen molar-refractivity contribution in [2.24, 2.45) is 5.92 Å². The predicted molar refractivity (Wildman–Crippen MR) is 93.2 cm³/mol. The summed E-state index contributed by atoms with van der Waals surface area (Å²) in [4.78, 5) is 0. The van der Waals surface area contributed by atoms with Crippen molar-refractivity contribution in [3.8, 4) is 5.75 Å². The van der Waals surface area contributed by atoms with E-state index in [1.54, 1.807) is 0 Å². The molecule has 1 aromatic carbocycles. The third-order valence-corrected chi connectivity index (χ3v) is 5.47. The van der Waals surface area contributed by atoms with Gasteiger partial charge in [-0.3, -0.25) is 0 Å². The maximum atomic E-state index is 15.0. The van der Waals surface area contributed by atoms with Crippen LogP contribution >= 0.6 is 0 Å². The van der Waals surface area contributed by atoms with Crippen LogP contribution < -0.4 is 4.74 Å². The molecule has 1 saturated heterocycles. The summed E-state index contributed by atoms with van der Waals surface area (Å²) in [5.41, 5.74) is -1.24. The van der Waals surface area contributed by atoms with Crippen LogP contribution in [0.2, 0.25) is 0 Å². The van der Waals surface area contributed by atoms with E-state index in [9.17, 15) is 22.0 Å². The molecule has 2 unspecified atom stereocenters. The molecule has 0 bridgehead atoms. The molecule has 1 aliphatic carbocycles. The Bertz CT molecular complexity index is 823. The Kier molecular flexibility index (Phi) is 5.12. The molecule has 152 valence electrons. The number of rotatable bonds is 3. The highest BCUT2D eigenvalue weighted by molar-refractivity contribution is 6.55. The minimum absolute atomic E-state index is 0.0779. The zero-order valence-electron chi connectivity index (χ0n) is 16.1. The molecule has 3 nitrogen and oxygen atoms in total. The number of ether oxygens (including phenoxy) is 1. The molecule has 9 heteroatoms. The first-order valence-corrected chi connectivity index (χ1v) is 8.79. The number of allylic oxidation sites excluding steroid dienone is 2. The zero-order chi connectivity index (χ0) is 21.0. The van der Waals surface area contributed by atoms with Gasteiger partial charge in [-0.15, -0.1) is 0 Å². The van der Waals surface area contributed by atoms with Crippen LogP contribution in [0, 0.1) is 29.2 Å². The highest BCUT2D eigenvalue weighted by Crippen LogP contribution is 2.42. The highest BCUT2D eigenvalue weighted by atomic mass is 19.2. The fourth-order valence-corrected chi connectivity index (χ4v) is 2.95. The third-order valence-electron chi connectivity index (χ3n) is 5.47. The molecule has 0 amide bonds. The molecule has 0 radical (unpaired) electrons. The highest BCUT2D eigenvalue weighted by Gasteiger charge is 2.53. The first kappa shape index (κ1) is 20.9. The van der Waals surface area contributed by atoms with E-state index in [0.29, 0.717) is 0 Å². The number of hydrogen-bond donors (Lipinski definition) is 0. The van der Waals surface area contributed by atoms with Crippen LogP contribution in [0.25, 0.3) is 0 Å². The summed E-state index contributed by atoms with van der Waals surface area (Å²) in [6, 6.07) is 0.0779. The molecule has 28 heavy (non-hydrogen) atoms. The van der Waals surface area contributed by atoms with E-state index in [-0.39, 0.29) is 11.5 Å². The first-order valence-electron chi connectivity index (χ1n) is 8.79. The summed E-state index contributed by atoms with van der Waals surface area (Å²) in [6.07, 6.45) is 1.49. The summed E-state index contributed by atoms with van der Waals surface area (Å²) in [5, 5.41) is 0. The van der Waals surface area contributed by atoms with Gasteiger partial charge in [0.2, 0.25) is 11.6 Å². The second kappa shape index (κ2) is 6.88. The number of benzene rings is 1. The molecule has 1 aliphatic heterocycles. The fourth-order valence-electron chi connectivity index (χ4n) is 2.95. The largest absolute Gasteiger partial charge is 0.497 e. The summed E-state index contributed by atoms with van der Waals surface area (Å²) in [5.74, 6) is -9.45. The van der Waals surface area contributed by atoms with Gasteiger partial charge in [0.05, 0.1) is 11.2 Å². The van der Waals surface area contributed by atoms with Gasteiger partial charge in [-0.2, -0.15) is 8.78 Å². The fraction of sp³-hybridized carbons (Fsp3) is 0.474. The lowest BCUT2D eigenvalue weighted by molar-refractivity contribution is 0.00578. The second-order valence-corrected chi connectivity index (χ2v) is 7.92. The Morgan fingerprint density at radius 3 is 1.93 bits per heavy atom. The van der Waals surface area contributed by atoms with Crippen molar-refractivity contribution in [3.63, 3.8) is 0 Å². The van der Waals surface area contributed by atoms with Gasteiger partial charge < -0.3 is 14.0 Å². The summed E-state index contributed by atoms with van der Waals surface area (Å²) >= 11 is 0. The zero-order valence-corrected chi connectivity index (χ0v) is 16.1. The van der Waals surface area contributed by atoms with Crippen LogP contribution in [0.15, 0.2) is 29.5 Å². The van der Waals surface area contributed by atoms with Crippen molar-refractivity contribution >= 4 is 7.12 Å². The van der Waals surface area contributed by atoms with Crippen LogP contribution in [0.4, 0.5) is 22.0 Å². The Labute approximate surface area is 160 Å². The Morgan fingerprint density at radius 1 is 0.929 bits per heavy atom. The molecule has 1 fully saturated rings. The van der Waals surface area contributed by atoms with E-state index in [0.717, 1.165) is 0 Å². The van der Waals surface area contributed by atoms with Crippen molar-refractivity contribution in [3.05, 3.63) is 52.8 Å². The first-order chi connectivity index (χ1) is 12.9. The van der Waals surface area contributed by atoms with E-state index in [1.807, 2.05) is 27.7 Å².